The second-order valence-electron chi connectivity index (χ2n) is 6.74. The molecule has 7 nitrogen and oxygen atoms in total. The van der Waals surface area contributed by atoms with Crippen LogP contribution in [-0.4, -0.2) is 37.2 Å². The van der Waals surface area contributed by atoms with Crippen LogP contribution in [0.3, 0.4) is 0 Å². The van der Waals surface area contributed by atoms with E-state index in [1.165, 1.54) is 6.07 Å². The van der Waals surface area contributed by atoms with Gasteiger partial charge < -0.3 is 9.72 Å². The number of hydrogen-bond acceptors (Lipinski definition) is 5. The summed E-state index contributed by atoms with van der Waals surface area (Å²) in [7, 11) is 1.81. The lowest BCUT2D eigenvalue weighted by Crippen LogP contribution is -2.32. The summed E-state index contributed by atoms with van der Waals surface area (Å²) in [5.74, 6) is 0.275. The molecule has 2 atom stereocenters. The van der Waals surface area contributed by atoms with Crippen molar-refractivity contribution in [1.29, 1.82) is 0 Å². The van der Waals surface area contributed by atoms with Gasteiger partial charge in [0.25, 0.3) is 0 Å². The average molecular weight is 369 g/mol. The van der Waals surface area contributed by atoms with Gasteiger partial charge in [0.1, 0.15) is 12.3 Å². The zero-order chi connectivity index (χ0) is 18.8. The molecule has 27 heavy (non-hydrogen) atoms. The number of pyridine rings is 1. The van der Waals surface area contributed by atoms with Gasteiger partial charge >= 0.3 is 0 Å². The first-order valence-electron chi connectivity index (χ1n) is 8.97. The van der Waals surface area contributed by atoms with E-state index in [1.54, 1.807) is 29.2 Å². The van der Waals surface area contributed by atoms with Crippen LogP contribution in [0.5, 0.6) is 5.88 Å². The van der Waals surface area contributed by atoms with E-state index in [9.17, 15) is 9.18 Å². The number of hydrogen-bond donors (Lipinski definition) is 1. The van der Waals surface area contributed by atoms with Gasteiger partial charge in [-0.15, -0.1) is 10.2 Å². The largest absolute Gasteiger partial charge is 0.470 e. The Morgan fingerprint density at radius 1 is 1.26 bits per heavy atom. The number of aromatic amines is 1. The van der Waals surface area contributed by atoms with E-state index >= 15 is 0 Å². The van der Waals surface area contributed by atoms with Crippen LogP contribution >= 0.6 is 0 Å². The average Bonchev–Trinajstić information content (AvgIpc) is 3.11. The highest BCUT2D eigenvalue weighted by molar-refractivity contribution is 5.63. The number of halogens is 1. The predicted molar refractivity (Wildman–Crippen MR) is 98.1 cm³/mol. The second-order valence-corrected chi connectivity index (χ2v) is 6.74. The first-order valence-corrected chi connectivity index (χ1v) is 8.97. The molecule has 1 aliphatic rings. The van der Waals surface area contributed by atoms with E-state index in [0.717, 1.165) is 18.4 Å². The first kappa shape index (κ1) is 17.4. The standard InChI is InChI=1S/C19H20FN5O2/c1-25-11-12(9-22-25)16-8-17(26)13(10-21-16)15-6-7-19(24-23-15)27-18-5-3-2-4-14(18)20/h6-11,14,18H,2-5H2,1H3,(H,21,26)/t14-,18+/m1/s1. The maximum atomic E-state index is 13.9. The zero-order valence-electron chi connectivity index (χ0n) is 14.9. The van der Waals surface area contributed by atoms with Crippen molar-refractivity contribution in [2.75, 3.05) is 0 Å². The Kier molecular flexibility index (Phi) is 4.70. The van der Waals surface area contributed by atoms with E-state index in [2.05, 4.69) is 20.3 Å². The minimum atomic E-state index is -0.969. The van der Waals surface area contributed by atoms with Crippen LogP contribution in [0.4, 0.5) is 4.39 Å². The maximum Gasteiger partial charge on any atom is 0.233 e. The van der Waals surface area contributed by atoms with Gasteiger partial charge in [0.05, 0.1) is 23.1 Å². The van der Waals surface area contributed by atoms with Crippen LogP contribution in [-0.2, 0) is 7.05 Å². The topological polar surface area (TPSA) is 85.7 Å². The smallest absolute Gasteiger partial charge is 0.233 e. The summed E-state index contributed by atoms with van der Waals surface area (Å²) < 4.78 is 21.2. The Hall–Kier alpha value is -3.03. The third-order valence-corrected chi connectivity index (χ3v) is 4.74. The summed E-state index contributed by atoms with van der Waals surface area (Å²) in [6.45, 7) is 0. The molecule has 4 rings (SSSR count). The molecule has 8 heteroatoms. The molecule has 1 aliphatic carbocycles. The van der Waals surface area contributed by atoms with Crippen LogP contribution < -0.4 is 10.2 Å². The Bertz CT molecular complexity index is 982. The van der Waals surface area contributed by atoms with Crippen molar-refractivity contribution in [3.05, 3.63) is 47.0 Å². The minimum Gasteiger partial charge on any atom is -0.470 e. The lowest BCUT2D eigenvalue weighted by atomic mass is 9.96. The van der Waals surface area contributed by atoms with Crippen molar-refractivity contribution in [1.82, 2.24) is 25.0 Å². The van der Waals surface area contributed by atoms with Gasteiger partial charge in [-0.3, -0.25) is 9.48 Å². The van der Waals surface area contributed by atoms with E-state index < -0.39 is 12.3 Å². The molecule has 0 amide bonds. The van der Waals surface area contributed by atoms with Crippen LogP contribution in [0, 0.1) is 0 Å². The highest BCUT2D eigenvalue weighted by atomic mass is 19.1. The minimum absolute atomic E-state index is 0.174. The lowest BCUT2D eigenvalue weighted by molar-refractivity contribution is 0.0594. The number of nitrogens with zero attached hydrogens (tertiary/aromatic N) is 4. The van der Waals surface area contributed by atoms with E-state index in [1.807, 2.05) is 13.2 Å². The first-order chi connectivity index (χ1) is 13.1. The monoisotopic (exact) mass is 369 g/mol. The van der Waals surface area contributed by atoms with Crippen molar-refractivity contribution in [2.24, 2.45) is 7.05 Å². The van der Waals surface area contributed by atoms with Crippen LogP contribution in [0.2, 0.25) is 0 Å². The molecule has 0 aliphatic heterocycles. The van der Waals surface area contributed by atoms with Crippen LogP contribution in [0.25, 0.3) is 22.5 Å². The summed E-state index contributed by atoms with van der Waals surface area (Å²) >= 11 is 0. The molecule has 0 spiro atoms. The number of aromatic nitrogens is 5. The molecule has 0 saturated heterocycles. The fraction of sp³-hybridized carbons (Fsp3) is 0.368. The van der Waals surface area contributed by atoms with E-state index in [0.29, 0.717) is 29.8 Å². The quantitative estimate of drug-likeness (QED) is 0.764. The van der Waals surface area contributed by atoms with E-state index in [4.69, 9.17) is 4.74 Å². The Morgan fingerprint density at radius 3 is 2.78 bits per heavy atom. The van der Waals surface area contributed by atoms with Crippen molar-refractivity contribution < 1.29 is 9.13 Å². The molecule has 1 N–H and O–H groups in total. The van der Waals surface area contributed by atoms with Gasteiger partial charge in [-0.25, -0.2) is 4.39 Å². The summed E-state index contributed by atoms with van der Waals surface area (Å²) in [6, 6.07) is 4.79. The summed E-state index contributed by atoms with van der Waals surface area (Å²) in [4.78, 5) is 15.6. The molecule has 3 aromatic rings. The van der Waals surface area contributed by atoms with Crippen LogP contribution in [0.1, 0.15) is 25.7 Å². The summed E-state index contributed by atoms with van der Waals surface area (Å²) in [5, 5.41) is 12.2. The maximum absolute atomic E-state index is 13.9. The third kappa shape index (κ3) is 3.74. The molecule has 0 bridgehead atoms. The number of rotatable bonds is 4. The Morgan fingerprint density at radius 2 is 2.11 bits per heavy atom. The fourth-order valence-electron chi connectivity index (χ4n) is 3.26. The highest BCUT2D eigenvalue weighted by Gasteiger charge is 2.26. The van der Waals surface area contributed by atoms with Gasteiger partial charge in [0.15, 0.2) is 5.43 Å². The summed E-state index contributed by atoms with van der Waals surface area (Å²) in [5.41, 5.74) is 2.16. The normalized spacial score (nSPS) is 19.8. The molecular weight excluding hydrogens is 349 g/mol. The van der Waals surface area contributed by atoms with Crippen molar-refractivity contribution in [3.63, 3.8) is 0 Å². The number of alkyl halides is 1. The van der Waals surface area contributed by atoms with Gasteiger partial charge in [0.2, 0.25) is 5.88 Å². The second kappa shape index (κ2) is 7.30. The molecule has 3 aromatic heterocycles. The Balaban J connectivity index is 1.52. The SMILES string of the molecule is Cn1cc(-c2cc(=O)c(-c3ccc(O[C@H]4CCCC[C@H]4F)nn3)c[nH]2)cn1. The highest BCUT2D eigenvalue weighted by Crippen LogP contribution is 2.25. The molecule has 0 aromatic carbocycles. The molecule has 1 fully saturated rings. The van der Waals surface area contributed by atoms with Crippen molar-refractivity contribution in [2.45, 2.75) is 38.0 Å². The number of nitrogens with one attached hydrogen (secondary N) is 1. The molecular formula is C19H20FN5O2. The van der Waals surface area contributed by atoms with Gasteiger partial charge in [0, 0.05) is 37.1 Å². The lowest BCUT2D eigenvalue weighted by Gasteiger charge is -2.25. The van der Waals surface area contributed by atoms with Crippen LogP contribution in [0.15, 0.2) is 41.6 Å². The van der Waals surface area contributed by atoms with E-state index in [-0.39, 0.29) is 11.3 Å². The number of H-pyrrole nitrogens is 1. The molecule has 3 heterocycles. The molecule has 140 valence electrons. The van der Waals surface area contributed by atoms with Crippen molar-refractivity contribution >= 4 is 0 Å². The predicted octanol–water partition coefficient (Wildman–Crippen LogP) is 2.89. The summed E-state index contributed by atoms with van der Waals surface area (Å²) in [6.07, 6.45) is 6.71. The Labute approximate surface area is 155 Å². The fourth-order valence-corrected chi connectivity index (χ4v) is 3.26. The number of ether oxygens (including phenoxy) is 1. The molecule has 0 unspecified atom stereocenters. The van der Waals surface area contributed by atoms with Gasteiger partial charge in [-0.2, -0.15) is 5.10 Å². The number of aryl methyl sites for hydroxylation is 1. The third-order valence-electron chi connectivity index (χ3n) is 4.74. The molecule has 1 saturated carbocycles. The zero-order valence-corrected chi connectivity index (χ0v) is 14.9. The van der Waals surface area contributed by atoms with Gasteiger partial charge in [-0.05, 0) is 25.3 Å². The molecule has 0 radical (unpaired) electrons. The van der Waals surface area contributed by atoms with Gasteiger partial charge in [-0.1, -0.05) is 6.42 Å². The van der Waals surface area contributed by atoms with Crippen molar-refractivity contribution in [3.8, 4) is 28.4 Å².